The number of aryl methyl sites for hydroxylation is 1. The van der Waals surface area contributed by atoms with Crippen LogP contribution in [0, 0.1) is 18.8 Å². The second-order valence-corrected chi connectivity index (χ2v) is 21.2. The van der Waals surface area contributed by atoms with Crippen molar-refractivity contribution in [3.8, 4) is 0 Å². The van der Waals surface area contributed by atoms with Gasteiger partial charge in [0.15, 0.2) is 11.0 Å². The number of hydrogen-bond acceptors (Lipinski definition) is 14. The third-order valence-corrected chi connectivity index (χ3v) is 13.3. The van der Waals surface area contributed by atoms with Gasteiger partial charge < -0.3 is 24.8 Å². The van der Waals surface area contributed by atoms with Crippen LogP contribution in [-0.2, 0) is 36.9 Å². The van der Waals surface area contributed by atoms with Crippen LogP contribution in [-0.4, -0.2) is 111 Å². The van der Waals surface area contributed by atoms with Crippen molar-refractivity contribution in [1.82, 2.24) is 38.3 Å². The molecule has 2 fully saturated rings. The molecular formula is C48H74FN10NaO8S. The summed E-state index contributed by atoms with van der Waals surface area (Å²) in [6.45, 7) is 25.1. The van der Waals surface area contributed by atoms with Crippen LogP contribution in [0.1, 0.15) is 131 Å². The number of nitrogens with zero attached hydrogens (tertiary/aromatic N) is 9. The number of benzene rings is 1. The summed E-state index contributed by atoms with van der Waals surface area (Å²) in [5.41, 5.74) is 1.41. The van der Waals surface area contributed by atoms with Gasteiger partial charge in [-0.2, -0.15) is 8.42 Å². The van der Waals surface area contributed by atoms with Gasteiger partial charge in [-0.15, -0.1) is 15.8 Å². The van der Waals surface area contributed by atoms with Gasteiger partial charge in [-0.3, -0.25) is 27.3 Å². The van der Waals surface area contributed by atoms with Crippen molar-refractivity contribution in [3.05, 3.63) is 74.6 Å². The number of alkyl halides is 1. The van der Waals surface area contributed by atoms with Gasteiger partial charge >= 0.3 is 29.6 Å². The molecular weight excluding hydrogens is 919 g/mol. The Labute approximate surface area is 430 Å². The van der Waals surface area contributed by atoms with Gasteiger partial charge in [0.05, 0.1) is 32.4 Å². The van der Waals surface area contributed by atoms with Gasteiger partial charge in [0, 0.05) is 70.0 Å². The summed E-state index contributed by atoms with van der Waals surface area (Å²) in [4.78, 5) is 36.6. The van der Waals surface area contributed by atoms with E-state index in [4.69, 9.17) is 20.1 Å². The average Bonchev–Trinajstić information content (AvgIpc) is 3.94. The maximum atomic E-state index is 13.0. The molecule has 9 rings (SSSR count). The number of hydrogen-bond donors (Lipinski definition) is 1. The molecule has 0 spiro atoms. The van der Waals surface area contributed by atoms with Gasteiger partial charge in [-0.05, 0) is 83.3 Å². The molecule has 378 valence electrons. The van der Waals surface area contributed by atoms with Gasteiger partial charge in [0.1, 0.15) is 11.6 Å². The maximum absolute atomic E-state index is 13.0. The minimum atomic E-state index is -3.62. The summed E-state index contributed by atoms with van der Waals surface area (Å²) in [7, 11) is -4.62. The van der Waals surface area contributed by atoms with Crippen LogP contribution in [0.25, 0.3) is 11.0 Å². The molecule has 8 heterocycles. The Balaban J connectivity index is 0.000000214. The van der Waals surface area contributed by atoms with Crippen LogP contribution in [0.3, 0.4) is 0 Å². The molecule has 0 aliphatic carbocycles. The fourth-order valence-electron chi connectivity index (χ4n) is 8.12. The number of rotatable bonds is 8. The Bertz CT molecular complexity index is 2640. The summed E-state index contributed by atoms with van der Waals surface area (Å²) in [5, 5.41) is 22.7. The molecule has 1 N–H and O–H groups in total. The first kappa shape index (κ1) is 56.2. The van der Waals surface area contributed by atoms with Crippen molar-refractivity contribution in [2.24, 2.45) is 11.8 Å². The van der Waals surface area contributed by atoms with Crippen LogP contribution in [0.2, 0.25) is 0 Å². The van der Waals surface area contributed by atoms with Gasteiger partial charge in [0.2, 0.25) is 11.9 Å². The summed E-state index contributed by atoms with van der Waals surface area (Å²) in [5.74, 6) is 4.45. The molecule has 69 heavy (non-hydrogen) atoms. The number of anilines is 2. The number of imidazole rings is 2. The molecule has 4 aliphatic heterocycles. The zero-order valence-corrected chi connectivity index (χ0v) is 45.4. The normalized spacial score (nSPS) is 18.7. The zero-order chi connectivity index (χ0) is 50.6. The van der Waals surface area contributed by atoms with Gasteiger partial charge in [-0.25, -0.2) is 19.0 Å². The van der Waals surface area contributed by atoms with Gasteiger partial charge in [-0.1, -0.05) is 66.2 Å². The molecule has 2 atom stereocenters. The second-order valence-electron chi connectivity index (χ2n) is 19.6. The first-order chi connectivity index (χ1) is 32.6. The Morgan fingerprint density at radius 2 is 1.30 bits per heavy atom. The third kappa shape index (κ3) is 15.6. The van der Waals surface area contributed by atoms with Crippen molar-refractivity contribution in [2.75, 3.05) is 56.9 Å². The third-order valence-electron chi connectivity index (χ3n) is 12.0. The van der Waals surface area contributed by atoms with E-state index >= 15 is 0 Å². The summed E-state index contributed by atoms with van der Waals surface area (Å²) in [6, 6.07) is 7.43. The maximum Gasteiger partial charge on any atom is 1.00 e. The van der Waals surface area contributed by atoms with E-state index in [0.717, 1.165) is 88.0 Å². The predicted molar refractivity (Wildman–Crippen MR) is 260 cm³/mol. The van der Waals surface area contributed by atoms with Crippen molar-refractivity contribution in [3.63, 3.8) is 0 Å². The predicted octanol–water partition coefficient (Wildman–Crippen LogP) is 3.12. The van der Waals surface area contributed by atoms with E-state index in [1.165, 1.54) is 0 Å². The SMILES string of the molecule is CC(C)(C)[O-].CC(C)c1ncc2c(=O)n3c(nn12)N(CC1CCOCC1)C(C)CC3.CC1CCn2c(nn3c(C(C)C)ncc3c2=O)N1.Cc1ccc(S(=O)(=O)OCC2CCOCC2)cc1.[2H]CF.[Na+]. The first-order valence-electron chi connectivity index (χ1n) is 24.5. The summed E-state index contributed by atoms with van der Waals surface area (Å²) < 4.78 is 62.2. The Hall–Kier alpha value is -3.76. The molecule has 2 unspecified atom stereocenters. The van der Waals surface area contributed by atoms with E-state index in [0.29, 0.717) is 54.7 Å². The number of halogens is 1. The molecule has 1 aromatic carbocycles. The molecule has 0 saturated carbocycles. The standard InChI is InChI=1S/C18H27N5O2.C13H18O4S.C12H17N5O.C4H9O.CH3F.Na/c1-12(2)16-19-10-15-17(24)21-7-4-13(3)22(18(21)20-23(15)16)11-14-5-8-25-9-6-14;1-11-2-4-13(5-3-11)18(14,15)17-10-12-6-8-16-9-7-12;1-7(2)10-13-6-9-11(18)16-5-4-8(3)14-12(16)15-17(9)10;1-4(2,3)5;1-2;/h10,12-14H,4-9,11H2,1-3H3;2-5,12H,6-10H2,1H3;6-8H,4-5H2,1-3H3,(H,14,15);1-3H3;1H3;/q;;;-1;;+1/i;;;;1D;. The second kappa shape index (κ2) is 26.1. The van der Waals surface area contributed by atoms with E-state index in [9.17, 15) is 27.5 Å². The number of ether oxygens (including phenoxy) is 2. The molecule has 0 amide bonds. The summed E-state index contributed by atoms with van der Waals surface area (Å²) >= 11 is 0. The smallest absolute Gasteiger partial charge is 0.850 e. The van der Waals surface area contributed by atoms with E-state index in [1.54, 1.807) is 71.0 Å². The molecule has 0 bridgehead atoms. The number of aromatic nitrogens is 8. The Morgan fingerprint density at radius 1 is 0.826 bits per heavy atom. The largest absolute Gasteiger partial charge is 1.00 e. The van der Waals surface area contributed by atoms with Crippen molar-refractivity contribution >= 4 is 33.0 Å². The average molecular weight is 994 g/mol. The fraction of sp³-hybridized carbons (Fsp3) is 0.667. The minimum absolute atomic E-state index is 0. The quantitative estimate of drug-likeness (QED) is 0.175. The van der Waals surface area contributed by atoms with Crippen LogP contribution < -0.4 is 56.0 Å². The topological polar surface area (TPSA) is 205 Å². The van der Waals surface area contributed by atoms with E-state index in [-0.39, 0.29) is 69.9 Å². The van der Waals surface area contributed by atoms with E-state index in [1.807, 2.05) is 25.3 Å². The fourth-order valence-corrected chi connectivity index (χ4v) is 9.10. The number of nitrogens with one attached hydrogen (secondary N) is 1. The first-order valence-corrected chi connectivity index (χ1v) is 25.2. The van der Waals surface area contributed by atoms with Crippen LogP contribution in [0.5, 0.6) is 0 Å². The van der Waals surface area contributed by atoms with E-state index in [2.05, 4.69) is 53.0 Å². The van der Waals surface area contributed by atoms with Gasteiger partial charge in [0.25, 0.3) is 21.2 Å². The van der Waals surface area contributed by atoms with Crippen molar-refractivity contribution in [2.45, 2.75) is 155 Å². The van der Waals surface area contributed by atoms with E-state index < -0.39 is 22.9 Å². The molecule has 2 saturated heterocycles. The van der Waals surface area contributed by atoms with Crippen molar-refractivity contribution in [1.29, 1.82) is 0 Å². The minimum Gasteiger partial charge on any atom is -0.850 e. The molecule has 18 nitrogen and oxygen atoms in total. The molecule has 4 aromatic heterocycles. The van der Waals surface area contributed by atoms with Crippen molar-refractivity contribution < 1.29 is 62.5 Å². The van der Waals surface area contributed by atoms with Crippen LogP contribution >= 0.6 is 0 Å². The summed E-state index contributed by atoms with van der Waals surface area (Å²) in [6.07, 6.45) is 9.09. The van der Waals surface area contributed by atoms with Crippen LogP contribution in [0.4, 0.5) is 16.3 Å². The van der Waals surface area contributed by atoms with Crippen LogP contribution in [0.15, 0.2) is 51.1 Å². The Kier molecular flexibility index (Phi) is 21.2. The molecule has 4 aliphatic rings. The number of fused-ring (bicyclic) bond motifs is 4. The molecule has 21 heteroatoms. The molecule has 0 radical (unpaired) electrons. The molecule has 5 aromatic rings. The zero-order valence-electron chi connectivity index (χ0n) is 43.6. The monoisotopic (exact) mass is 994 g/mol. The Morgan fingerprint density at radius 3 is 1.83 bits per heavy atom.